The van der Waals surface area contributed by atoms with Gasteiger partial charge in [0.15, 0.2) is 0 Å². The van der Waals surface area contributed by atoms with Crippen molar-refractivity contribution >= 4 is 0 Å². The molecule has 0 saturated heterocycles. The smallest absolute Gasteiger partial charge is 0.0648 e. The van der Waals surface area contributed by atoms with E-state index in [4.69, 9.17) is 9.47 Å². The first-order valence-electron chi connectivity index (χ1n) is 7.96. The quantitative estimate of drug-likeness (QED) is 0.481. The van der Waals surface area contributed by atoms with E-state index in [2.05, 4.69) is 48.5 Å². The highest BCUT2D eigenvalue weighted by molar-refractivity contribution is 4.72. The lowest BCUT2D eigenvalue weighted by molar-refractivity contribution is -0.0759. The van der Waals surface area contributed by atoms with Crippen LogP contribution in [0.4, 0.5) is 0 Å². The zero-order valence-electron chi connectivity index (χ0n) is 14.3. The molecule has 0 bridgehead atoms. The van der Waals surface area contributed by atoms with Crippen molar-refractivity contribution in [3.05, 3.63) is 0 Å². The second-order valence-corrected chi connectivity index (χ2v) is 7.25. The fourth-order valence-corrected chi connectivity index (χ4v) is 1.85. The van der Waals surface area contributed by atoms with Gasteiger partial charge in [-0.2, -0.15) is 0 Å². The van der Waals surface area contributed by atoms with E-state index in [1.807, 2.05) is 0 Å². The van der Waals surface area contributed by atoms with E-state index in [1.165, 1.54) is 12.8 Å². The van der Waals surface area contributed by atoms with Gasteiger partial charge in [0.2, 0.25) is 0 Å². The molecular weight excluding hydrogens is 236 g/mol. The lowest BCUT2D eigenvalue weighted by Gasteiger charge is -2.30. The predicted molar refractivity (Wildman–Crippen MR) is 83.7 cm³/mol. The summed E-state index contributed by atoms with van der Waals surface area (Å²) in [5.74, 6) is 0.747. The average Bonchev–Trinajstić information content (AvgIpc) is 2.26. The highest BCUT2D eigenvalue weighted by Gasteiger charge is 2.22. The summed E-state index contributed by atoms with van der Waals surface area (Å²) >= 11 is 0. The Labute approximate surface area is 121 Å². The van der Waals surface area contributed by atoms with E-state index in [-0.39, 0.29) is 11.2 Å². The first kappa shape index (κ1) is 18.9. The van der Waals surface area contributed by atoms with Gasteiger partial charge < -0.3 is 9.47 Å². The Bertz CT molecular complexity index is 219. The maximum atomic E-state index is 6.04. The molecule has 0 N–H and O–H groups in total. The standard InChI is InChI=1S/C17H36O2/c1-8-9-13-18-17(6,7)12-14-19-16(4,5)11-10-15(2)3/h15H,8-14H2,1-7H3. The van der Waals surface area contributed by atoms with Gasteiger partial charge in [0.25, 0.3) is 0 Å². The number of ether oxygens (including phenoxy) is 2. The van der Waals surface area contributed by atoms with E-state index in [0.29, 0.717) is 0 Å². The molecule has 0 atom stereocenters. The molecule has 19 heavy (non-hydrogen) atoms. The van der Waals surface area contributed by atoms with Crippen LogP contribution >= 0.6 is 0 Å². The molecule has 0 radical (unpaired) electrons. The summed E-state index contributed by atoms with van der Waals surface area (Å²) < 4.78 is 11.9. The van der Waals surface area contributed by atoms with E-state index in [0.717, 1.165) is 38.4 Å². The van der Waals surface area contributed by atoms with Crippen molar-refractivity contribution in [2.45, 2.75) is 91.8 Å². The Morgan fingerprint density at radius 2 is 1.37 bits per heavy atom. The number of unbranched alkanes of at least 4 members (excludes halogenated alkanes) is 1. The van der Waals surface area contributed by atoms with E-state index in [1.54, 1.807) is 0 Å². The van der Waals surface area contributed by atoms with Crippen LogP contribution < -0.4 is 0 Å². The molecule has 0 heterocycles. The van der Waals surface area contributed by atoms with Gasteiger partial charge in [-0.05, 0) is 59.3 Å². The fourth-order valence-electron chi connectivity index (χ4n) is 1.85. The third-order valence-electron chi connectivity index (χ3n) is 3.51. The van der Waals surface area contributed by atoms with Crippen LogP contribution in [0.3, 0.4) is 0 Å². The second kappa shape index (κ2) is 8.97. The van der Waals surface area contributed by atoms with Gasteiger partial charge in [0.1, 0.15) is 0 Å². The van der Waals surface area contributed by atoms with Gasteiger partial charge in [-0.3, -0.25) is 0 Å². The summed E-state index contributed by atoms with van der Waals surface area (Å²) in [7, 11) is 0. The number of hydrogen-bond acceptors (Lipinski definition) is 2. The van der Waals surface area contributed by atoms with Crippen molar-refractivity contribution in [2.75, 3.05) is 13.2 Å². The molecule has 0 aromatic rings. The second-order valence-electron chi connectivity index (χ2n) is 7.25. The number of hydrogen-bond donors (Lipinski definition) is 0. The van der Waals surface area contributed by atoms with Crippen LogP contribution in [0.2, 0.25) is 0 Å². The maximum absolute atomic E-state index is 6.04. The Morgan fingerprint density at radius 3 is 1.89 bits per heavy atom. The first-order valence-corrected chi connectivity index (χ1v) is 7.96. The molecule has 0 unspecified atom stereocenters. The van der Waals surface area contributed by atoms with E-state index in [9.17, 15) is 0 Å². The van der Waals surface area contributed by atoms with Crippen molar-refractivity contribution < 1.29 is 9.47 Å². The van der Waals surface area contributed by atoms with Gasteiger partial charge in [0.05, 0.1) is 17.8 Å². The SMILES string of the molecule is CCCCOC(C)(C)CCOC(C)(C)CCC(C)C. The van der Waals surface area contributed by atoms with Gasteiger partial charge >= 0.3 is 0 Å². The monoisotopic (exact) mass is 272 g/mol. The summed E-state index contributed by atoms with van der Waals surface area (Å²) in [4.78, 5) is 0. The normalized spacial score (nSPS) is 13.3. The van der Waals surface area contributed by atoms with Crippen LogP contribution in [-0.4, -0.2) is 24.4 Å². The Morgan fingerprint density at radius 1 is 0.842 bits per heavy atom. The van der Waals surface area contributed by atoms with Gasteiger partial charge in [-0.1, -0.05) is 27.2 Å². The van der Waals surface area contributed by atoms with Crippen molar-refractivity contribution in [1.29, 1.82) is 0 Å². The third kappa shape index (κ3) is 11.4. The van der Waals surface area contributed by atoms with Crippen LogP contribution in [0.15, 0.2) is 0 Å². The summed E-state index contributed by atoms with van der Waals surface area (Å²) in [5, 5.41) is 0. The van der Waals surface area contributed by atoms with Crippen LogP contribution in [0.25, 0.3) is 0 Å². The fraction of sp³-hybridized carbons (Fsp3) is 1.00. The lowest BCUT2D eigenvalue weighted by atomic mass is 9.96. The summed E-state index contributed by atoms with van der Waals surface area (Å²) in [6, 6.07) is 0. The van der Waals surface area contributed by atoms with Crippen molar-refractivity contribution in [3.63, 3.8) is 0 Å². The molecule has 2 nitrogen and oxygen atoms in total. The summed E-state index contributed by atoms with van der Waals surface area (Å²) in [6.45, 7) is 17.1. The van der Waals surface area contributed by atoms with Crippen molar-refractivity contribution in [1.82, 2.24) is 0 Å². The molecule has 0 rings (SSSR count). The Balaban J connectivity index is 3.86. The average molecular weight is 272 g/mol. The van der Waals surface area contributed by atoms with Crippen molar-refractivity contribution in [2.24, 2.45) is 5.92 Å². The minimum absolute atomic E-state index is 0.0102. The van der Waals surface area contributed by atoms with E-state index >= 15 is 0 Å². The molecule has 116 valence electrons. The van der Waals surface area contributed by atoms with Gasteiger partial charge in [-0.15, -0.1) is 0 Å². The largest absolute Gasteiger partial charge is 0.375 e. The Hall–Kier alpha value is -0.0800. The molecular formula is C17H36O2. The summed E-state index contributed by atoms with van der Waals surface area (Å²) in [5.41, 5.74) is -0.0763. The minimum atomic E-state index is -0.0662. The topological polar surface area (TPSA) is 18.5 Å². The molecule has 0 aliphatic heterocycles. The highest BCUT2D eigenvalue weighted by atomic mass is 16.5. The minimum Gasteiger partial charge on any atom is -0.375 e. The molecule has 0 amide bonds. The number of rotatable bonds is 11. The molecule has 0 saturated carbocycles. The zero-order valence-corrected chi connectivity index (χ0v) is 14.3. The zero-order chi connectivity index (χ0) is 14.9. The van der Waals surface area contributed by atoms with Crippen LogP contribution in [0.1, 0.15) is 80.6 Å². The van der Waals surface area contributed by atoms with Crippen molar-refractivity contribution in [3.8, 4) is 0 Å². The van der Waals surface area contributed by atoms with Gasteiger partial charge in [-0.25, -0.2) is 0 Å². The Kier molecular flexibility index (Phi) is 8.93. The molecule has 0 aromatic carbocycles. The lowest BCUT2D eigenvalue weighted by Crippen LogP contribution is -2.31. The summed E-state index contributed by atoms with van der Waals surface area (Å²) in [6.07, 6.45) is 5.64. The van der Waals surface area contributed by atoms with Crippen LogP contribution in [0, 0.1) is 5.92 Å². The van der Waals surface area contributed by atoms with Gasteiger partial charge in [0, 0.05) is 6.61 Å². The van der Waals surface area contributed by atoms with Crippen LogP contribution in [0.5, 0.6) is 0 Å². The maximum Gasteiger partial charge on any atom is 0.0648 e. The molecule has 0 fully saturated rings. The molecule has 2 heteroatoms. The first-order chi connectivity index (χ1) is 8.68. The third-order valence-corrected chi connectivity index (χ3v) is 3.51. The molecule has 0 aliphatic carbocycles. The van der Waals surface area contributed by atoms with Crippen LogP contribution in [-0.2, 0) is 9.47 Å². The predicted octanol–water partition coefficient (Wildman–Crippen LogP) is 5.20. The molecule has 0 aliphatic rings. The molecule has 0 aromatic heterocycles. The molecule has 0 spiro atoms. The van der Waals surface area contributed by atoms with E-state index < -0.39 is 0 Å². The highest BCUT2D eigenvalue weighted by Crippen LogP contribution is 2.22.